The van der Waals surface area contributed by atoms with Crippen LogP contribution in [0.1, 0.15) is 28.8 Å². The van der Waals surface area contributed by atoms with Crippen LogP contribution in [0.2, 0.25) is 0 Å². The summed E-state index contributed by atoms with van der Waals surface area (Å²) in [6.45, 7) is 4.35. The smallest absolute Gasteiger partial charge is 0.255 e. The predicted molar refractivity (Wildman–Crippen MR) is 58.2 cm³/mol. The molecule has 0 saturated carbocycles. The molecule has 0 aliphatic carbocycles. The van der Waals surface area contributed by atoms with Crippen LogP contribution in [-0.4, -0.2) is 34.9 Å². The van der Waals surface area contributed by atoms with E-state index < -0.39 is 5.54 Å². The van der Waals surface area contributed by atoms with E-state index in [4.69, 9.17) is 14.6 Å². The van der Waals surface area contributed by atoms with Gasteiger partial charge < -0.3 is 19.9 Å². The van der Waals surface area contributed by atoms with Crippen LogP contribution in [0.5, 0.6) is 0 Å². The van der Waals surface area contributed by atoms with E-state index in [1.807, 2.05) is 0 Å². The van der Waals surface area contributed by atoms with E-state index in [0.717, 1.165) is 0 Å². The van der Waals surface area contributed by atoms with Gasteiger partial charge in [-0.3, -0.25) is 4.79 Å². The Kier molecular flexibility index (Phi) is 3.72. The van der Waals surface area contributed by atoms with Crippen LogP contribution in [0.15, 0.2) is 10.5 Å². The van der Waals surface area contributed by atoms with Gasteiger partial charge in [-0.1, -0.05) is 0 Å². The average molecular weight is 227 g/mol. The summed E-state index contributed by atoms with van der Waals surface area (Å²) < 4.78 is 5.23. The van der Waals surface area contributed by atoms with Gasteiger partial charge in [0.25, 0.3) is 5.91 Å². The highest BCUT2D eigenvalue weighted by Gasteiger charge is 2.26. The minimum absolute atomic E-state index is 0.328. The lowest BCUT2D eigenvalue weighted by atomic mass is 10.0. The van der Waals surface area contributed by atoms with Crippen molar-refractivity contribution in [3.63, 3.8) is 0 Å². The molecule has 0 aromatic carbocycles. The molecule has 16 heavy (non-hydrogen) atoms. The highest BCUT2D eigenvalue weighted by Crippen LogP contribution is 2.14. The Bertz CT molecular complexity index is 379. The van der Waals surface area contributed by atoms with E-state index in [1.54, 1.807) is 26.8 Å². The van der Waals surface area contributed by atoms with Gasteiger partial charge >= 0.3 is 0 Å². The first-order valence-corrected chi connectivity index (χ1v) is 5.03. The van der Waals surface area contributed by atoms with Crippen molar-refractivity contribution in [1.29, 1.82) is 0 Å². The van der Waals surface area contributed by atoms with Gasteiger partial charge in [-0.15, -0.1) is 0 Å². The van der Waals surface area contributed by atoms with Crippen LogP contribution >= 0.6 is 0 Å². The number of carbonyl (C=O) groups excluding carboxylic acids is 1. The van der Waals surface area contributed by atoms with Crippen LogP contribution in [0.25, 0.3) is 0 Å². The van der Waals surface area contributed by atoms with Crippen LogP contribution in [0, 0.1) is 13.8 Å². The lowest BCUT2D eigenvalue weighted by Crippen LogP contribution is -2.51. The third-order valence-corrected chi connectivity index (χ3v) is 2.40. The number of aliphatic hydroxyl groups is 2. The second-order valence-electron chi connectivity index (χ2n) is 4.16. The van der Waals surface area contributed by atoms with Crippen molar-refractivity contribution < 1.29 is 19.4 Å². The van der Waals surface area contributed by atoms with Crippen LogP contribution in [0.4, 0.5) is 0 Å². The van der Waals surface area contributed by atoms with Crippen molar-refractivity contribution in [2.45, 2.75) is 26.3 Å². The molecule has 0 unspecified atom stereocenters. The molecule has 5 nitrogen and oxygen atoms in total. The molecule has 0 saturated heterocycles. The second kappa shape index (κ2) is 4.67. The molecule has 0 atom stereocenters. The standard InChI is InChI=1S/C11H17NO4/c1-7-4-9(8(2)16-7)10(15)12-11(3,5-13)6-14/h4,13-14H,5-6H2,1-3H3,(H,12,15). The molecule has 1 rings (SSSR count). The monoisotopic (exact) mass is 227 g/mol. The number of nitrogens with one attached hydrogen (secondary N) is 1. The molecular formula is C11H17NO4. The number of carbonyl (C=O) groups is 1. The minimum atomic E-state index is -1.02. The van der Waals surface area contributed by atoms with E-state index in [0.29, 0.717) is 17.1 Å². The lowest BCUT2D eigenvalue weighted by molar-refractivity contribution is 0.0722. The molecule has 1 aromatic heterocycles. The van der Waals surface area contributed by atoms with Crippen molar-refractivity contribution in [2.24, 2.45) is 0 Å². The zero-order chi connectivity index (χ0) is 12.3. The second-order valence-corrected chi connectivity index (χ2v) is 4.16. The quantitative estimate of drug-likeness (QED) is 0.694. The average Bonchev–Trinajstić information content (AvgIpc) is 2.57. The van der Waals surface area contributed by atoms with Gasteiger partial charge in [-0.25, -0.2) is 0 Å². The van der Waals surface area contributed by atoms with E-state index in [2.05, 4.69) is 5.32 Å². The van der Waals surface area contributed by atoms with E-state index in [1.165, 1.54) is 0 Å². The fourth-order valence-corrected chi connectivity index (χ4v) is 1.33. The number of amides is 1. The Morgan fingerprint density at radius 2 is 2.00 bits per heavy atom. The van der Waals surface area contributed by atoms with E-state index in [9.17, 15) is 4.79 Å². The number of aryl methyl sites for hydroxylation is 2. The number of hydrogen-bond donors (Lipinski definition) is 3. The van der Waals surface area contributed by atoms with Crippen LogP contribution in [0.3, 0.4) is 0 Å². The maximum atomic E-state index is 11.8. The van der Waals surface area contributed by atoms with Gasteiger partial charge in [0.05, 0.1) is 24.3 Å². The highest BCUT2D eigenvalue weighted by molar-refractivity contribution is 5.95. The molecule has 0 radical (unpaired) electrons. The summed E-state index contributed by atoms with van der Waals surface area (Å²) in [7, 11) is 0. The first-order chi connectivity index (χ1) is 7.41. The Labute approximate surface area is 94.1 Å². The molecule has 0 fully saturated rings. The lowest BCUT2D eigenvalue weighted by Gasteiger charge is -2.25. The number of aliphatic hydroxyl groups excluding tert-OH is 2. The molecule has 0 bridgehead atoms. The third-order valence-electron chi connectivity index (χ3n) is 2.40. The molecule has 90 valence electrons. The zero-order valence-electron chi connectivity index (χ0n) is 9.70. The summed E-state index contributed by atoms with van der Waals surface area (Å²) in [6, 6.07) is 1.62. The van der Waals surface area contributed by atoms with Crippen molar-refractivity contribution in [3.05, 3.63) is 23.2 Å². The minimum Gasteiger partial charge on any atom is -0.466 e. The Balaban J connectivity index is 2.84. The molecule has 1 amide bonds. The van der Waals surface area contributed by atoms with Gasteiger partial charge in [0, 0.05) is 0 Å². The van der Waals surface area contributed by atoms with Crippen molar-refractivity contribution in [3.8, 4) is 0 Å². The molecule has 5 heteroatoms. The Hall–Kier alpha value is -1.33. The first-order valence-electron chi connectivity index (χ1n) is 5.03. The molecule has 1 aromatic rings. The largest absolute Gasteiger partial charge is 0.466 e. The van der Waals surface area contributed by atoms with Gasteiger partial charge in [0.15, 0.2) is 0 Å². The summed E-state index contributed by atoms with van der Waals surface area (Å²) in [5.41, 5.74) is -0.597. The zero-order valence-corrected chi connectivity index (χ0v) is 9.70. The fourth-order valence-electron chi connectivity index (χ4n) is 1.33. The maximum absolute atomic E-state index is 11.8. The molecule has 0 aliphatic rings. The van der Waals surface area contributed by atoms with Gasteiger partial charge in [-0.2, -0.15) is 0 Å². The van der Waals surface area contributed by atoms with Gasteiger partial charge in [-0.05, 0) is 26.8 Å². The summed E-state index contributed by atoms with van der Waals surface area (Å²) >= 11 is 0. The molecular weight excluding hydrogens is 210 g/mol. The SMILES string of the molecule is Cc1cc(C(=O)NC(C)(CO)CO)c(C)o1. The maximum Gasteiger partial charge on any atom is 0.255 e. The number of hydrogen-bond acceptors (Lipinski definition) is 4. The van der Waals surface area contributed by atoms with Crippen molar-refractivity contribution in [1.82, 2.24) is 5.32 Å². The van der Waals surface area contributed by atoms with E-state index >= 15 is 0 Å². The molecule has 0 aliphatic heterocycles. The summed E-state index contributed by atoms with van der Waals surface area (Å²) in [5.74, 6) is 0.811. The summed E-state index contributed by atoms with van der Waals surface area (Å²) in [5, 5.41) is 20.7. The molecule has 3 N–H and O–H groups in total. The summed E-state index contributed by atoms with van der Waals surface area (Å²) in [6.07, 6.45) is 0. The van der Waals surface area contributed by atoms with Crippen molar-refractivity contribution >= 4 is 5.91 Å². The molecule has 1 heterocycles. The van der Waals surface area contributed by atoms with Gasteiger partial charge in [0.2, 0.25) is 0 Å². The number of rotatable bonds is 4. The fraction of sp³-hybridized carbons (Fsp3) is 0.545. The Morgan fingerprint density at radius 3 is 2.38 bits per heavy atom. The van der Waals surface area contributed by atoms with Crippen LogP contribution < -0.4 is 5.32 Å². The molecule has 0 spiro atoms. The number of furan rings is 1. The predicted octanol–water partition coefficient (Wildman–Crippen LogP) is 0.370. The summed E-state index contributed by atoms with van der Waals surface area (Å²) in [4.78, 5) is 11.8. The topological polar surface area (TPSA) is 82.7 Å². The van der Waals surface area contributed by atoms with Gasteiger partial charge in [0.1, 0.15) is 11.5 Å². The third kappa shape index (κ3) is 2.62. The van der Waals surface area contributed by atoms with Crippen molar-refractivity contribution in [2.75, 3.05) is 13.2 Å². The highest BCUT2D eigenvalue weighted by atomic mass is 16.3. The van der Waals surface area contributed by atoms with E-state index in [-0.39, 0.29) is 19.1 Å². The first kappa shape index (κ1) is 12.7. The normalized spacial score (nSPS) is 11.6. The Morgan fingerprint density at radius 1 is 1.44 bits per heavy atom. The van der Waals surface area contributed by atoms with Crippen LogP contribution in [-0.2, 0) is 0 Å².